The van der Waals surface area contributed by atoms with Crippen molar-refractivity contribution >= 4 is 89.3 Å². The topological polar surface area (TPSA) is 397 Å². The molecular weight excluding hydrogens is 1050 g/mol. The van der Waals surface area contributed by atoms with E-state index in [1.165, 1.54) is 72.1 Å². The van der Waals surface area contributed by atoms with E-state index >= 15 is 0 Å². The van der Waals surface area contributed by atoms with E-state index in [9.17, 15) is 46.2 Å². The highest BCUT2D eigenvalue weighted by molar-refractivity contribution is 7.89. The normalized spacial score (nSPS) is 22.6. The molecule has 8 atom stereocenters. The number of rotatable bonds is 16. The highest BCUT2D eigenvalue weighted by Crippen LogP contribution is 2.44. The maximum Gasteiger partial charge on any atom is 0.324 e. The third-order valence-electron chi connectivity index (χ3n) is 11.7. The minimum atomic E-state index is -3.62. The van der Waals surface area contributed by atoms with Crippen molar-refractivity contribution < 1.29 is 65.2 Å². The number of benzene rings is 2. The summed E-state index contributed by atoms with van der Waals surface area (Å²) >= 11 is 0. The number of carbonyl (C=O) groups excluding carboxylic acids is 4. The van der Waals surface area contributed by atoms with Crippen LogP contribution in [0, 0.1) is 0 Å². The third kappa shape index (κ3) is 12.1. The number of hydrogen-bond donors (Lipinski definition) is 10. The molecule has 0 aliphatic carbocycles. The lowest BCUT2D eigenvalue weighted by molar-refractivity contribution is -0.197. The Labute approximate surface area is 439 Å². The SMILES string of the molecule is CCNC(=O)[C@H]1O[C@@H](n2cnc3c(NC(=O)Nc4ccc(S(=O)(=O)NCC)cc4)ncnc32)[C@@H]2OC(C)(C)O[C@@H]21.CCNC(=O)[C@H]1O[C@@H](n2cnc3c(NC(=O)Nc4ccc(S(=O)(=O)NCC)cc4)ncnc32)[C@H](O)[C@@H]1O. The maximum atomic E-state index is 12.7. The quantitative estimate of drug-likeness (QED) is 0.0642. The lowest BCUT2D eigenvalue weighted by atomic mass is 10.1. The fraction of sp³-hybridized carbons (Fsp3) is 0.422. The Kier molecular flexibility index (Phi) is 16.7. The molecule has 30 nitrogen and oxygen atoms in total. The van der Waals surface area contributed by atoms with Crippen LogP contribution in [0.15, 0.2) is 83.6 Å². The van der Waals surface area contributed by atoms with Gasteiger partial charge in [0.1, 0.15) is 37.1 Å². The van der Waals surface area contributed by atoms with Crippen LogP contribution in [0.25, 0.3) is 22.3 Å². The van der Waals surface area contributed by atoms with Crippen LogP contribution in [-0.2, 0) is 48.6 Å². The van der Waals surface area contributed by atoms with Crippen LogP contribution in [0.1, 0.15) is 54.0 Å². The number of urea groups is 2. The van der Waals surface area contributed by atoms with Gasteiger partial charge < -0.3 is 50.4 Å². The van der Waals surface area contributed by atoms with E-state index < -0.39 is 92.9 Å². The highest BCUT2D eigenvalue weighted by Gasteiger charge is 2.58. The van der Waals surface area contributed by atoms with E-state index in [4.69, 9.17) is 18.9 Å². The molecule has 6 aromatic rings. The van der Waals surface area contributed by atoms with Crippen molar-refractivity contribution in [2.75, 3.05) is 47.4 Å². The predicted octanol–water partition coefficient (Wildman–Crippen LogP) is 0.846. The van der Waals surface area contributed by atoms with E-state index in [0.29, 0.717) is 30.1 Å². The first-order valence-corrected chi connectivity index (χ1v) is 26.9. The summed E-state index contributed by atoms with van der Waals surface area (Å²) in [4.78, 5) is 75.5. The van der Waals surface area contributed by atoms with Crippen molar-refractivity contribution in [2.24, 2.45) is 0 Å². The first kappa shape index (κ1) is 55.8. The molecule has 0 spiro atoms. The van der Waals surface area contributed by atoms with E-state index in [1.807, 2.05) is 6.92 Å². The van der Waals surface area contributed by atoms with Gasteiger partial charge in [-0.05, 0) is 76.2 Å². The number of aromatic nitrogens is 8. The molecule has 0 bridgehead atoms. The summed E-state index contributed by atoms with van der Waals surface area (Å²) in [5.74, 6) is -1.63. The van der Waals surface area contributed by atoms with Crippen LogP contribution in [-0.4, -0.2) is 159 Å². The largest absolute Gasteiger partial charge is 0.387 e. The van der Waals surface area contributed by atoms with Crippen molar-refractivity contribution in [3.8, 4) is 0 Å². The molecule has 6 amide bonds. The Morgan fingerprint density at radius 1 is 0.558 bits per heavy atom. The van der Waals surface area contributed by atoms with Gasteiger partial charge in [0.15, 0.2) is 64.4 Å². The van der Waals surface area contributed by atoms with E-state index in [0.717, 1.165) is 6.33 Å². The monoisotopic (exact) mass is 1110 g/mol. The Morgan fingerprint density at radius 3 is 1.44 bits per heavy atom. The summed E-state index contributed by atoms with van der Waals surface area (Å²) in [7, 11) is -7.24. The molecule has 2 aromatic carbocycles. The summed E-state index contributed by atoms with van der Waals surface area (Å²) in [6, 6.07) is 9.98. The fourth-order valence-corrected chi connectivity index (χ4v) is 10.5. The molecule has 0 radical (unpaired) electrons. The number of hydrogen-bond acceptors (Lipinski definition) is 20. The first-order chi connectivity index (χ1) is 36.7. The van der Waals surface area contributed by atoms with Gasteiger partial charge in [-0.1, -0.05) is 13.8 Å². The number of amides is 6. The number of likely N-dealkylation sites (N-methyl/N-ethyl adjacent to an activating group) is 2. The van der Waals surface area contributed by atoms with Gasteiger partial charge in [-0.2, -0.15) is 0 Å². The van der Waals surface area contributed by atoms with Gasteiger partial charge in [-0.15, -0.1) is 0 Å². The van der Waals surface area contributed by atoms with Crippen LogP contribution in [0.3, 0.4) is 0 Å². The number of aliphatic hydroxyl groups excluding tert-OH is 2. The zero-order chi connectivity index (χ0) is 55.4. The van der Waals surface area contributed by atoms with Crippen LogP contribution in [0.2, 0.25) is 0 Å². The lowest BCUT2D eigenvalue weighted by Crippen LogP contribution is -2.42. The molecule has 32 heteroatoms. The smallest absolute Gasteiger partial charge is 0.324 e. The average molecular weight is 1110 g/mol. The molecule has 412 valence electrons. The zero-order valence-electron chi connectivity index (χ0n) is 42.1. The van der Waals surface area contributed by atoms with E-state index in [1.54, 1.807) is 39.2 Å². The second-order valence-corrected chi connectivity index (χ2v) is 21.1. The van der Waals surface area contributed by atoms with Gasteiger partial charge in [-0.3, -0.25) is 29.4 Å². The Balaban J connectivity index is 0.000000204. The summed E-state index contributed by atoms with van der Waals surface area (Å²) in [6.45, 7) is 11.7. The molecule has 9 rings (SSSR count). The first-order valence-electron chi connectivity index (χ1n) is 24.0. The van der Waals surface area contributed by atoms with Crippen molar-refractivity contribution in [2.45, 2.75) is 106 Å². The Bertz CT molecular complexity index is 3360. The molecule has 3 aliphatic rings. The third-order valence-corrected chi connectivity index (χ3v) is 14.9. The molecule has 0 unspecified atom stereocenters. The molecule has 3 saturated heterocycles. The lowest BCUT2D eigenvalue weighted by Gasteiger charge is -2.24. The molecule has 3 aliphatic heterocycles. The number of aliphatic hydroxyl groups is 2. The number of sulfonamides is 2. The van der Waals surface area contributed by atoms with E-state index in [-0.39, 0.29) is 57.1 Å². The number of fused-ring (bicyclic) bond motifs is 3. The molecular formula is C45H56N16O14S2. The molecule has 3 fully saturated rings. The Morgan fingerprint density at radius 2 is 0.987 bits per heavy atom. The number of ether oxygens (including phenoxy) is 4. The summed E-state index contributed by atoms with van der Waals surface area (Å²) in [5, 5.41) is 36.5. The van der Waals surface area contributed by atoms with E-state index in [2.05, 4.69) is 71.2 Å². The van der Waals surface area contributed by atoms with Crippen molar-refractivity contribution in [1.29, 1.82) is 0 Å². The molecule has 0 saturated carbocycles. The van der Waals surface area contributed by atoms with Gasteiger partial charge >= 0.3 is 12.1 Å². The van der Waals surface area contributed by atoms with Gasteiger partial charge in [0, 0.05) is 37.6 Å². The Hall–Kier alpha value is -7.40. The van der Waals surface area contributed by atoms with Crippen LogP contribution in [0.5, 0.6) is 0 Å². The number of anilines is 4. The second-order valence-electron chi connectivity index (χ2n) is 17.5. The van der Waals surface area contributed by atoms with Gasteiger partial charge in [-0.25, -0.2) is 65.8 Å². The van der Waals surface area contributed by atoms with Gasteiger partial charge in [0.05, 0.1) is 22.4 Å². The number of nitrogens with zero attached hydrogens (tertiary/aromatic N) is 8. The number of nitrogens with one attached hydrogen (secondary N) is 8. The fourth-order valence-electron chi connectivity index (χ4n) is 8.45. The second kappa shape index (κ2) is 23.1. The molecule has 7 heterocycles. The molecule has 4 aromatic heterocycles. The molecule has 77 heavy (non-hydrogen) atoms. The maximum absolute atomic E-state index is 12.7. The summed E-state index contributed by atoms with van der Waals surface area (Å²) in [6.07, 6.45) is -3.14. The van der Waals surface area contributed by atoms with Gasteiger partial charge in [0.2, 0.25) is 20.0 Å². The van der Waals surface area contributed by atoms with Gasteiger partial charge in [0.25, 0.3) is 11.8 Å². The summed E-state index contributed by atoms with van der Waals surface area (Å²) in [5.41, 5.74) is 1.66. The highest BCUT2D eigenvalue weighted by atomic mass is 32.2. The minimum Gasteiger partial charge on any atom is -0.387 e. The van der Waals surface area contributed by atoms with Crippen molar-refractivity contribution in [3.05, 3.63) is 73.8 Å². The van der Waals surface area contributed by atoms with Crippen LogP contribution < -0.4 is 41.3 Å². The van der Waals surface area contributed by atoms with Crippen molar-refractivity contribution in [3.63, 3.8) is 0 Å². The standard InChI is InChI=1S/C24H30N8O7S.C21H26N8O7S/c1-5-25-21(33)17-16-18(39-24(3,4)38-16)22(37-17)32-12-28-15-19(26-11-27-20(15)32)31-23(34)30-13-7-9-14(10-8-13)40(35,36)29-6-2;1-3-22-19(32)16-14(30)15(31)20(36-16)29-10-25-13-17(23-9-24-18(13)29)28-21(33)27-11-5-7-12(8-6-11)37(34,35)26-4-2/h7-12,16-18,22,29H,5-6H2,1-4H3,(H,25,33)(H2,26,27,30,31,34);5-10,14-16,20,26,30-31H,3-4H2,1-2H3,(H,22,32)(H2,23,24,27,28,33)/t16-,17+,18-,22-;14-,15+,16-,20+/m10/s1. The number of carbonyl (C=O) groups is 4. The predicted molar refractivity (Wildman–Crippen MR) is 272 cm³/mol. The minimum absolute atomic E-state index is 0.0425. The average Bonchev–Trinajstić information content (AvgIpc) is 4.21. The van der Waals surface area contributed by atoms with Crippen LogP contribution >= 0.6 is 0 Å². The number of imidazole rings is 2. The molecule has 10 N–H and O–H groups in total. The zero-order valence-corrected chi connectivity index (χ0v) is 43.7. The van der Waals surface area contributed by atoms with Crippen LogP contribution in [0.4, 0.5) is 32.6 Å². The van der Waals surface area contributed by atoms with Crippen molar-refractivity contribution in [1.82, 2.24) is 59.1 Å². The summed E-state index contributed by atoms with van der Waals surface area (Å²) < 4.78 is 79.9.